The Morgan fingerprint density at radius 1 is 1.08 bits per heavy atom. The molecule has 0 aliphatic rings. The number of rotatable bonds is 6. The van der Waals surface area contributed by atoms with Crippen molar-refractivity contribution >= 4 is 45.4 Å². The molecule has 5 nitrogen and oxygen atoms in total. The molecule has 1 amide bonds. The Labute approximate surface area is 153 Å². The topological polar surface area (TPSA) is 72.5 Å². The second kappa shape index (κ2) is 8.94. The van der Waals surface area contributed by atoms with Gasteiger partial charge in [-0.2, -0.15) is 0 Å². The summed E-state index contributed by atoms with van der Waals surface area (Å²) in [6, 6.07) is 13.9. The van der Waals surface area contributed by atoms with Crippen molar-refractivity contribution in [2.75, 3.05) is 11.9 Å². The number of nitrogens with one attached hydrogen (secondary N) is 1. The van der Waals surface area contributed by atoms with Crippen molar-refractivity contribution in [3.05, 3.63) is 70.2 Å². The number of carbonyl (C=O) groups is 3. The summed E-state index contributed by atoms with van der Waals surface area (Å²) in [4.78, 5) is 34.6. The summed E-state index contributed by atoms with van der Waals surface area (Å²) in [5.74, 6) is -1.13. The SMILES string of the molecule is CC(=O)c1ccc(NC(=O)COC(=O)/C=C/c2ccccc2Br)cc1. The van der Waals surface area contributed by atoms with Crippen LogP contribution < -0.4 is 5.32 Å². The number of anilines is 1. The van der Waals surface area contributed by atoms with Crippen molar-refractivity contribution in [1.82, 2.24) is 0 Å². The van der Waals surface area contributed by atoms with Gasteiger partial charge >= 0.3 is 5.97 Å². The minimum Gasteiger partial charge on any atom is -0.452 e. The molecule has 6 heteroatoms. The van der Waals surface area contributed by atoms with E-state index in [0.717, 1.165) is 10.0 Å². The van der Waals surface area contributed by atoms with E-state index in [0.29, 0.717) is 11.3 Å². The van der Waals surface area contributed by atoms with Crippen LogP contribution in [0.4, 0.5) is 5.69 Å². The molecule has 0 aliphatic heterocycles. The fourth-order valence-electron chi connectivity index (χ4n) is 1.94. The van der Waals surface area contributed by atoms with Crippen LogP contribution in [-0.4, -0.2) is 24.3 Å². The van der Waals surface area contributed by atoms with Gasteiger partial charge in [0.2, 0.25) is 0 Å². The van der Waals surface area contributed by atoms with E-state index in [-0.39, 0.29) is 5.78 Å². The molecule has 2 rings (SSSR count). The highest BCUT2D eigenvalue weighted by atomic mass is 79.9. The third-order valence-electron chi connectivity index (χ3n) is 3.22. The Morgan fingerprint density at radius 2 is 1.76 bits per heavy atom. The summed E-state index contributed by atoms with van der Waals surface area (Å²) < 4.78 is 5.74. The van der Waals surface area contributed by atoms with Crippen LogP contribution in [0, 0.1) is 0 Å². The zero-order valence-corrected chi connectivity index (χ0v) is 15.1. The molecule has 0 saturated heterocycles. The molecule has 0 spiro atoms. The Kier molecular flexibility index (Phi) is 6.65. The standard InChI is InChI=1S/C19H16BrNO4/c1-13(22)14-6-9-16(10-7-14)21-18(23)12-25-19(24)11-8-15-4-2-3-5-17(15)20/h2-11H,12H2,1H3,(H,21,23)/b11-8+. The molecule has 128 valence electrons. The van der Waals surface area contributed by atoms with Gasteiger partial charge in [-0.15, -0.1) is 0 Å². The number of carbonyl (C=O) groups excluding carboxylic acids is 3. The van der Waals surface area contributed by atoms with Crippen LogP contribution in [0.5, 0.6) is 0 Å². The van der Waals surface area contributed by atoms with Crippen molar-refractivity contribution in [2.24, 2.45) is 0 Å². The van der Waals surface area contributed by atoms with Crippen molar-refractivity contribution in [3.8, 4) is 0 Å². The van der Waals surface area contributed by atoms with Crippen LogP contribution in [0.2, 0.25) is 0 Å². The van der Waals surface area contributed by atoms with E-state index in [1.165, 1.54) is 13.0 Å². The van der Waals surface area contributed by atoms with Crippen LogP contribution in [-0.2, 0) is 14.3 Å². The predicted octanol–water partition coefficient (Wildman–Crippen LogP) is 3.85. The average Bonchev–Trinajstić information content (AvgIpc) is 2.59. The Morgan fingerprint density at radius 3 is 2.40 bits per heavy atom. The normalized spacial score (nSPS) is 10.5. The Hall–Kier alpha value is -2.73. The van der Waals surface area contributed by atoms with E-state index in [1.54, 1.807) is 30.3 Å². The van der Waals surface area contributed by atoms with Crippen molar-refractivity contribution in [3.63, 3.8) is 0 Å². The molecule has 0 bridgehead atoms. The second-order valence-electron chi connectivity index (χ2n) is 5.14. The van der Waals surface area contributed by atoms with Gasteiger partial charge in [0.15, 0.2) is 12.4 Å². The number of hydrogen-bond acceptors (Lipinski definition) is 4. The maximum absolute atomic E-state index is 11.8. The summed E-state index contributed by atoms with van der Waals surface area (Å²) in [5.41, 5.74) is 1.91. The zero-order chi connectivity index (χ0) is 18.2. The summed E-state index contributed by atoms with van der Waals surface area (Å²) in [6.07, 6.45) is 2.86. The van der Waals surface area contributed by atoms with Gasteiger partial charge in [-0.3, -0.25) is 9.59 Å². The molecule has 0 radical (unpaired) electrons. The van der Waals surface area contributed by atoms with E-state index in [4.69, 9.17) is 4.74 Å². The third-order valence-corrected chi connectivity index (χ3v) is 3.95. The first-order valence-electron chi connectivity index (χ1n) is 7.46. The van der Waals surface area contributed by atoms with Gasteiger partial charge in [-0.05, 0) is 48.9 Å². The molecule has 0 aromatic heterocycles. The molecule has 0 atom stereocenters. The maximum Gasteiger partial charge on any atom is 0.331 e. The van der Waals surface area contributed by atoms with Crippen LogP contribution in [0.3, 0.4) is 0 Å². The van der Waals surface area contributed by atoms with Crippen LogP contribution in [0.25, 0.3) is 6.08 Å². The minimum atomic E-state index is -0.613. The number of ether oxygens (including phenoxy) is 1. The van der Waals surface area contributed by atoms with Gasteiger partial charge in [0.1, 0.15) is 0 Å². The highest BCUT2D eigenvalue weighted by Crippen LogP contribution is 2.17. The van der Waals surface area contributed by atoms with Crippen molar-refractivity contribution in [1.29, 1.82) is 0 Å². The lowest BCUT2D eigenvalue weighted by atomic mass is 10.1. The summed E-state index contributed by atoms with van der Waals surface area (Å²) in [7, 11) is 0. The van der Waals surface area contributed by atoms with Gasteiger partial charge < -0.3 is 10.1 Å². The van der Waals surface area contributed by atoms with Crippen molar-refractivity contribution < 1.29 is 19.1 Å². The number of ketones is 1. The average molecular weight is 402 g/mol. The van der Waals surface area contributed by atoms with E-state index in [9.17, 15) is 14.4 Å². The van der Waals surface area contributed by atoms with Gasteiger partial charge in [-0.25, -0.2) is 4.79 Å². The molecule has 0 fully saturated rings. The number of amides is 1. The van der Waals surface area contributed by atoms with E-state index < -0.39 is 18.5 Å². The predicted molar refractivity (Wildman–Crippen MR) is 99.2 cm³/mol. The minimum absolute atomic E-state index is 0.0522. The molecule has 25 heavy (non-hydrogen) atoms. The monoisotopic (exact) mass is 401 g/mol. The molecule has 1 N–H and O–H groups in total. The number of benzene rings is 2. The second-order valence-corrected chi connectivity index (χ2v) is 6.00. The molecule has 0 aliphatic carbocycles. The largest absolute Gasteiger partial charge is 0.452 e. The van der Waals surface area contributed by atoms with Crippen molar-refractivity contribution in [2.45, 2.75) is 6.92 Å². The Bertz CT molecular complexity index is 812. The van der Waals surface area contributed by atoms with E-state index in [2.05, 4.69) is 21.2 Å². The highest BCUT2D eigenvalue weighted by Gasteiger charge is 2.06. The van der Waals surface area contributed by atoms with Gasteiger partial charge in [0, 0.05) is 21.8 Å². The lowest BCUT2D eigenvalue weighted by Crippen LogP contribution is -2.20. The van der Waals surface area contributed by atoms with E-state index in [1.807, 2.05) is 24.3 Å². The fourth-order valence-corrected chi connectivity index (χ4v) is 2.36. The number of esters is 1. The zero-order valence-electron chi connectivity index (χ0n) is 13.5. The molecular weight excluding hydrogens is 386 g/mol. The Balaban J connectivity index is 1.82. The maximum atomic E-state index is 11.8. The molecule has 2 aromatic rings. The summed E-state index contributed by atoms with van der Waals surface area (Å²) in [5, 5.41) is 2.59. The lowest BCUT2D eigenvalue weighted by molar-refractivity contribution is -0.142. The summed E-state index contributed by atoms with van der Waals surface area (Å²) in [6.45, 7) is 1.07. The van der Waals surface area contributed by atoms with Crippen LogP contribution in [0.15, 0.2) is 59.1 Å². The number of halogens is 1. The fraction of sp³-hybridized carbons (Fsp3) is 0.105. The van der Waals surface area contributed by atoms with Gasteiger partial charge in [-0.1, -0.05) is 34.1 Å². The smallest absolute Gasteiger partial charge is 0.331 e. The van der Waals surface area contributed by atoms with Crippen LogP contribution >= 0.6 is 15.9 Å². The first-order chi connectivity index (χ1) is 12.0. The third kappa shape index (κ3) is 6.00. The first-order valence-corrected chi connectivity index (χ1v) is 8.25. The lowest BCUT2D eigenvalue weighted by Gasteiger charge is -2.06. The first kappa shape index (κ1) is 18.6. The number of hydrogen-bond donors (Lipinski definition) is 1. The van der Waals surface area contributed by atoms with Crippen LogP contribution in [0.1, 0.15) is 22.8 Å². The molecular formula is C19H16BrNO4. The molecule has 0 heterocycles. The number of Topliss-reactive ketones (excluding diaryl/α,β-unsaturated/α-hetero) is 1. The quantitative estimate of drug-likeness (QED) is 0.453. The van der Waals surface area contributed by atoms with Gasteiger partial charge in [0.25, 0.3) is 5.91 Å². The molecule has 0 unspecified atom stereocenters. The summed E-state index contributed by atoms with van der Waals surface area (Å²) >= 11 is 3.37. The highest BCUT2D eigenvalue weighted by molar-refractivity contribution is 9.10. The molecule has 0 saturated carbocycles. The van der Waals surface area contributed by atoms with E-state index >= 15 is 0 Å². The van der Waals surface area contributed by atoms with Gasteiger partial charge in [0.05, 0.1) is 0 Å². The molecule has 2 aromatic carbocycles.